The molecule has 1 atom stereocenters. The quantitative estimate of drug-likeness (QED) is 0.520. The van der Waals surface area contributed by atoms with Crippen LogP contribution in [0.2, 0.25) is 5.02 Å². The van der Waals surface area contributed by atoms with Crippen LogP contribution in [0.4, 0.5) is 5.13 Å². The largest absolute Gasteiger partial charge is 0.485 e. The molecule has 0 bridgehead atoms. The fraction of sp³-hybridized carbons (Fsp3) is 0.417. The number of hydrogen-bond donors (Lipinski definition) is 0. The molecule has 174 valence electrons. The minimum atomic E-state index is -0.722. The summed E-state index contributed by atoms with van der Waals surface area (Å²) in [6, 6.07) is 11.2. The van der Waals surface area contributed by atoms with Gasteiger partial charge in [-0.1, -0.05) is 35.1 Å². The van der Waals surface area contributed by atoms with Crippen LogP contribution in [0.25, 0.3) is 10.2 Å². The number of aryl methyl sites for hydroxylation is 1. The monoisotopic (exact) mass is 487 g/mol. The van der Waals surface area contributed by atoms with Gasteiger partial charge in [-0.3, -0.25) is 14.6 Å². The molecule has 1 aromatic heterocycles. The second-order valence-corrected chi connectivity index (χ2v) is 9.67. The molecular formula is C24H26ClN3O4S. The molecule has 0 radical (unpaired) electrons. The predicted octanol–water partition coefficient (Wildman–Crippen LogP) is 4.15. The van der Waals surface area contributed by atoms with Crippen LogP contribution in [0.5, 0.6) is 11.5 Å². The highest BCUT2D eigenvalue weighted by molar-refractivity contribution is 7.22. The summed E-state index contributed by atoms with van der Waals surface area (Å²) in [5, 5.41) is 1.32. The molecule has 7 nitrogen and oxygen atoms in total. The maximum atomic E-state index is 13.6. The number of morpholine rings is 1. The summed E-state index contributed by atoms with van der Waals surface area (Å²) in [5.74, 6) is 1.10. The number of aromatic nitrogens is 1. The average Bonchev–Trinajstić information content (AvgIpc) is 3.26. The molecule has 3 heterocycles. The van der Waals surface area contributed by atoms with E-state index < -0.39 is 6.10 Å². The van der Waals surface area contributed by atoms with Crippen LogP contribution in [-0.2, 0) is 9.53 Å². The number of para-hydroxylation sites is 2. The number of benzene rings is 2. The highest BCUT2D eigenvalue weighted by Crippen LogP contribution is 2.35. The van der Waals surface area contributed by atoms with Crippen molar-refractivity contribution in [1.29, 1.82) is 0 Å². The lowest BCUT2D eigenvalue weighted by atomic mass is 10.2. The molecule has 33 heavy (non-hydrogen) atoms. The van der Waals surface area contributed by atoms with Gasteiger partial charge in [0.15, 0.2) is 16.6 Å². The number of hydrogen-bond acceptors (Lipinski definition) is 7. The zero-order chi connectivity index (χ0) is 22.8. The standard InChI is InChI=1S/C24H26ClN3O4S/c1-16-13-17(25)14-21-22(16)26-24(33-21)28(8-4-7-27-9-11-30-12-10-27)23(29)20-15-31-18-5-2-3-6-19(18)32-20/h2-3,5-6,13-14,20H,4,7-12,15H2,1H3. The van der Waals surface area contributed by atoms with Gasteiger partial charge in [0, 0.05) is 31.2 Å². The number of thiazole rings is 1. The number of fused-ring (bicyclic) bond motifs is 2. The Labute approximate surface area is 201 Å². The number of amides is 1. The van der Waals surface area contributed by atoms with Crippen molar-refractivity contribution in [2.75, 3.05) is 50.9 Å². The Bertz CT molecular complexity index is 1150. The first-order valence-electron chi connectivity index (χ1n) is 11.1. The van der Waals surface area contributed by atoms with Crippen LogP contribution in [0.1, 0.15) is 12.0 Å². The molecule has 0 aliphatic carbocycles. The first-order valence-corrected chi connectivity index (χ1v) is 12.3. The van der Waals surface area contributed by atoms with Crippen LogP contribution >= 0.6 is 22.9 Å². The molecule has 2 aliphatic rings. The minimum Gasteiger partial charge on any atom is -0.485 e. The Hall–Kier alpha value is -2.39. The van der Waals surface area contributed by atoms with E-state index in [1.165, 1.54) is 11.3 Å². The van der Waals surface area contributed by atoms with Crippen molar-refractivity contribution >= 4 is 44.2 Å². The number of rotatable bonds is 6. The molecule has 5 rings (SSSR count). The van der Waals surface area contributed by atoms with E-state index >= 15 is 0 Å². The molecule has 2 aromatic carbocycles. The topological polar surface area (TPSA) is 64.1 Å². The van der Waals surface area contributed by atoms with Crippen molar-refractivity contribution in [3.05, 3.63) is 47.0 Å². The smallest absolute Gasteiger partial charge is 0.273 e. The van der Waals surface area contributed by atoms with Gasteiger partial charge >= 0.3 is 0 Å². The molecule has 1 fully saturated rings. The van der Waals surface area contributed by atoms with Crippen LogP contribution in [0, 0.1) is 6.92 Å². The zero-order valence-corrected chi connectivity index (χ0v) is 20.0. The zero-order valence-electron chi connectivity index (χ0n) is 18.5. The Morgan fingerprint density at radius 1 is 1.24 bits per heavy atom. The Balaban J connectivity index is 1.38. The van der Waals surface area contributed by atoms with Gasteiger partial charge in [0.2, 0.25) is 6.10 Å². The highest BCUT2D eigenvalue weighted by atomic mass is 35.5. The van der Waals surface area contributed by atoms with Gasteiger partial charge in [-0.25, -0.2) is 4.98 Å². The summed E-state index contributed by atoms with van der Waals surface area (Å²) >= 11 is 7.74. The van der Waals surface area contributed by atoms with Crippen LogP contribution in [0.15, 0.2) is 36.4 Å². The minimum absolute atomic E-state index is 0.144. The van der Waals surface area contributed by atoms with Gasteiger partial charge < -0.3 is 14.2 Å². The van der Waals surface area contributed by atoms with E-state index in [9.17, 15) is 4.79 Å². The first-order chi connectivity index (χ1) is 16.1. The van der Waals surface area contributed by atoms with E-state index in [1.54, 1.807) is 4.90 Å². The molecule has 0 N–H and O–H groups in total. The van der Waals surface area contributed by atoms with E-state index in [-0.39, 0.29) is 12.5 Å². The third-order valence-electron chi connectivity index (χ3n) is 5.88. The van der Waals surface area contributed by atoms with E-state index in [0.29, 0.717) is 28.2 Å². The van der Waals surface area contributed by atoms with Crippen molar-refractivity contribution in [2.24, 2.45) is 0 Å². The van der Waals surface area contributed by atoms with Gasteiger partial charge in [-0.15, -0.1) is 0 Å². The molecule has 1 amide bonds. The lowest BCUT2D eigenvalue weighted by Gasteiger charge is -2.31. The number of nitrogens with zero attached hydrogens (tertiary/aromatic N) is 3. The SMILES string of the molecule is Cc1cc(Cl)cc2sc(N(CCCN3CCOCC3)C(=O)C3COc4ccccc4O3)nc12. The van der Waals surface area contributed by atoms with E-state index in [1.807, 2.05) is 43.3 Å². The summed E-state index contributed by atoms with van der Waals surface area (Å²) in [7, 11) is 0. The normalized spacial score (nSPS) is 18.4. The van der Waals surface area contributed by atoms with Gasteiger partial charge in [0.05, 0.1) is 23.4 Å². The molecular weight excluding hydrogens is 462 g/mol. The summed E-state index contributed by atoms with van der Waals surface area (Å²) in [4.78, 5) is 22.6. The molecule has 3 aromatic rings. The molecule has 1 unspecified atom stereocenters. The lowest BCUT2D eigenvalue weighted by molar-refractivity contribution is -0.127. The fourth-order valence-corrected chi connectivity index (χ4v) is 5.60. The van der Waals surface area contributed by atoms with Crippen molar-refractivity contribution < 1.29 is 19.0 Å². The first kappa shape index (κ1) is 22.4. The van der Waals surface area contributed by atoms with Gasteiger partial charge in [-0.2, -0.15) is 0 Å². The number of ether oxygens (including phenoxy) is 3. The summed E-state index contributed by atoms with van der Waals surface area (Å²) in [5.41, 5.74) is 1.86. The van der Waals surface area contributed by atoms with Crippen LogP contribution in [-0.4, -0.2) is 67.9 Å². The molecule has 0 saturated carbocycles. The van der Waals surface area contributed by atoms with Crippen molar-refractivity contribution in [1.82, 2.24) is 9.88 Å². The third-order valence-corrected chi connectivity index (χ3v) is 7.12. The van der Waals surface area contributed by atoms with Crippen LogP contribution in [0.3, 0.4) is 0 Å². The number of anilines is 1. The van der Waals surface area contributed by atoms with Gasteiger partial charge in [0.25, 0.3) is 5.91 Å². The summed E-state index contributed by atoms with van der Waals surface area (Å²) in [6.45, 7) is 6.95. The van der Waals surface area contributed by atoms with Crippen LogP contribution < -0.4 is 14.4 Å². The Kier molecular flexibility index (Phi) is 6.69. The Morgan fingerprint density at radius 3 is 2.85 bits per heavy atom. The lowest BCUT2D eigenvalue weighted by Crippen LogP contribution is -2.47. The van der Waals surface area contributed by atoms with E-state index in [0.717, 1.165) is 55.0 Å². The van der Waals surface area contributed by atoms with Crippen molar-refractivity contribution in [2.45, 2.75) is 19.4 Å². The maximum Gasteiger partial charge on any atom is 0.273 e. The second-order valence-electron chi connectivity index (χ2n) is 8.23. The van der Waals surface area contributed by atoms with E-state index in [2.05, 4.69) is 4.90 Å². The van der Waals surface area contributed by atoms with Gasteiger partial charge in [0.1, 0.15) is 6.61 Å². The van der Waals surface area contributed by atoms with Gasteiger partial charge in [-0.05, 0) is 43.2 Å². The third kappa shape index (κ3) is 4.94. The average molecular weight is 488 g/mol. The van der Waals surface area contributed by atoms with Crippen molar-refractivity contribution in [3.63, 3.8) is 0 Å². The summed E-state index contributed by atoms with van der Waals surface area (Å²) < 4.78 is 18.2. The molecule has 1 saturated heterocycles. The molecule has 2 aliphatic heterocycles. The predicted molar refractivity (Wildman–Crippen MR) is 130 cm³/mol. The molecule has 0 spiro atoms. The van der Waals surface area contributed by atoms with Crippen molar-refractivity contribution in [3.8, 4) is 11.5 Å². The summed E-state index contributed by atoms with van der Waals surface area (Å²) in [6.07, 6.45) is 0.103. The van der Waals surface area contributed by atoms with E-state index in [4.69, 9.17) is 30.8 Å². The highest BCUT2D eigenvalue weighted by Gasteiger charge is 2.33. The number of carbonyl (C=O) groups is 1. The molecule has 9 heteroatoms. The number of carbonyl (C=O) groups excluding carboxylic acids is 1. The second kappa shape index (κ2) is 9.85. The maximum absolute atomic E-state index is 13.6. The Morgan fingerprint density at radius 2 is 2.03 bits per heavy atom. The fourth-order valence-electron chi connectivity index (χ4n) is 4.15. The number of halogens is 1.